The van der Waals surface area contributed by atoms with Crippen LogP contribution >= 0.6 is 0 Å². The lowest BCUT2D eigenvalue weighted by Crippen LogP contribution is -2.70. The lowest BCUT2D eigenvalue weighted by atomic mass is 9.83. The molecule has 28 heavy (non-hydrogen) atoms. The molecule has 2 amide bonds. The van der Waals surface area contributed by atoms with Crippen LogP contribution in [0.3, 0.4) is 0 Å². The zero-order valence-corrected chi connectivity index (χ0v) is 15.8. The number of carbonyl (C=O) groups excluding carboxylic acids is 3. The number of primary amides is 1. The Balaban J connectivity index is 2.04. The van der Waals surface area contributed by atoms with Gasteiger partial charge in [-0.15, -0.1) is 0 Å². The average Bonchev–Trinajstić information content (AvgIpc) is 2.56. The summed E-state index contributed by atoms with van der Waals surface area (Å²) in [6.45, 7) is 2.51. The van der Waals surface area contributed by atoms with E-state index in [9.17, 15) is 27.4 Å². The molecule has 0 saturated carbocycles. The minimum absolute atomic E-state index is 0.0421. The summed E-state index contributed by atoms with van der Waals surface area (Å²) in [6.07, 6.45) is -4.69. The summed E-state index contributed by atoms with van der Waals surface area (Å²) in [7, 11) is -5.16. The molecule has 2 N–H and O–H groups in total. The van der Waals surface area contributed by atoms with Crippen LogP contribution in [0.5, 0.6) is 0 Å². The molecule has 1 aromatic carbocycles. The van der Waals surface area contributed by atoms with Gasteiger partial charge in [-0.2, -0.15) is 0 Å². The van der Waals surface area contributed by atoms with Crippen molar-refractivity contribution in [3.8, 4) is 0 Å². The second-order valence-electron chi connectivity index (χ2n) is 6.10. The van der Waals surface area contributed by atoms with Crippen molar-refractivity contribution in [3.63, 3.8) is 0 Å². The Morgan fingerprint density at radius 2 is 1.79 bits per heavy atom. The molecule has 1 saturated heterocycles. The molecule has 0 bridgehead atoms. The van der Waals surface area contributed by atoms with E-state index in [1.807, 2.05) is 0 Å². The van der Waals surface area contributed by atoms with Crippen LogP contribution in [-0.4, -0.2) is 53.7 Å². The van der Waals surface area contributed by atoms with E-state index in [4.69, 9.17) is 15.2 Å². The van der Waals surface area contributed by atoms with Gasteiger partial charge in [0.1, 0.15) is 24.7 Å². The first-order valence-corrected chi connectivity index (χ1v) is 9.51. The van der Waals surface area contributed by atoms with Crippen LogP contribution in [0.1, 0.15) is 19.4 Å². The minimum atomic E-state index is -5.16. The largest absolute Gasteiger partial charge is 0.731 e. The summed E-state index contributed by atoms with van der Waals surface area (Å²) in [6, 6.07) is 7.38. The number of hydrogen-bond acceptors (Lipinski definition) is 9. The van der Waals surface area contributed by atoms with E-state index in [0.717, 1.165) is 0 Å². The van der Waals surface area contributed by atoms with Crippen LogP contribution in [0.4, 0.5) is 9.59 Å². The third-order valence-corrected chi connectivity index (χ3v) is 5.06. The molecule has 11 nitrogen and oxygen atoms in total. The number of carbonyl (C=O) groups is 3. The van der Waals surface area contributed by atoms with Gasteiger partial charge in [-0.25, -0.2) is 22.3 Å². The van der Waals surface area contributed by atoms with Gasteiger partial charge in [-0.3, -0.25) is 4.79 Å². The predicted octanol–water partition coefficient (Wildman–Crippen LogP) is 0.499. The highest BCUT2D eigenvalue weighted by atomic mass is 32.2. The van der Waals surface area contributed by atoms with E-state index < -0.39 is 52.6 Å². The van der Waals surface area contributed by atoms with Gasteiger partial charge in [0.2, 0.25) is 5.91 Å². The molecule has 0 aromatic heterocycles. The lowest BCUT2D eigenvalue weighted by Gasteiger charge is -2.50. The molecule has 0 unspecified atom stereocenters. The number of nitrogens with zero attached hydrogens (tertiary/aromatic N) is 1. The maximum atomic E-state index is 12.2. The Kier molecular flexibility index (Phi) is 6.46. The Morgan fingerprint density at radius 3 is 2.32 bits per heavy atom. The van der Waals surface area contributed by atoms with Gasteiger partial charge in [-0.1, -0.05) is 30.3 Å². The Labute approximate surface area is 161 Å². The first-order chi connectivity index (χ1) is 13.0. The smallest absolute Gasteiger partial charge is 0.508 e. The highest BCUT2D eigenvalue weighted by Crippen LogP contribution is 2.36. The van der Waals surface area contributed by atoms with E-state index in [2.05, 4.69) is 4.74 Å². The molecule has 12 heteroatoms. The summed E-state index contributed by atoms with van der Waals surface area (Å²) < 4.78 is 48.6. The SMILES string of the molecule is C[C@H](OC(N)=O)[C@@H]1[C@@H]([C@@H](C)OC(=O)OCc2ccccc2)C(=O)N1S(=O)(=O)[O-]. The summed E-state index contributed by atoms with van der Waals surface area (Å²) in [5.41, 5.74) is 5.60. The van der Waals surface area contributed by atoms with Gasteiger partial charge in [0, 0.05) is 0 Å². The van der Waals surface area contributed by atoms with E-state index in [0.29, 0.717) is 5.56 Å². The molecule has 1 aromatic rings. The third-order valence-electron chi connectivity index (χ3n) is 4.15. The summed E-state index contributed by atoms with van der Waals surface area (Å²) >= 11 is 0. The number of benzene rings is 1. The van der Waals surface area contributed by atoms with Crippen molar-refractivity contribution >= 4 is 28.5 Å². The van der Waals surface area contributed by atoms with E-state index in [1.165, 1.54) is 13.8 Å². The molecule has 1 aliphatic rings. The molecule has 154 valence electrons. The predicted molar refractivity (Wildman–Crippen MR) is 91.1 cm³/mol. The molecule has 0 spiro atoms. The maximum Gasteiger partial charge on any atom is 0.508 e. The van der Waals surface area contributed by atoms with Crippen molar-refractivity contribution in [1.29, 1.82) is 0 Å². The second kappa shape index (κ2) is 8.44. The van der Waals surface area contributed by atoms with Gasteiger partial charge in [-0.05, 0) is 19.4 Å². The minimum Gasteiger partial charge on any atom is -0.731 e. The van der Waals surface area contributed by atoms with Crippen molar-refractivity contribution in [3.05, 3.63) is 35.9 Å². The highest BCUT2D eigenvalue weighted by Gasteiger charge is 2.57. The first-order valence-electron chi connectivity index (χ1n) is 8.15. The topological polar surface area (TPSA) is 165 Å². The molecule has 1 aliphatic heterocycles. The fraction of sp³-hybridized carbons (Fsp3) is 0.438. The Hall–Kier alpha value is -2.86. The maximum absolute atomic E-state index is 12.2. The van der Waals surface area contributed by atoms with Gasteiger partial charge < -0.3 is 24.5 Å². The second-order valence-corrected chi connectivity index (χ2v) is 7.35. The fourth-order valence-electron chi connectivity index (χ4n) is 2.95. The van der Waals surface area contributed by atoms with E-state index >= 15 is 0 Å². The monoisotopic (exact) mass is 415 g/mol. The summed E-state index contributed by atoms with van der Waals surface area (Å²) in [5.74, 6) is -2.31. The van der Waals surface area contributed by atoms with Crippen LogP contribution in [-0.2, 0) is 35.9 Å². The van der Waals surface area contributed by atoms with Crippen LogP contribution in [0.2, 0.25) is 0 Å². The standard InChI is InChI=1S/C16H20N2O9S/c1-9(27-16(21)25-8-11-6-4-3-5-7-11)12-13(10(2)26-15(17)20)18(14(12)19)28(22,23)24/h3-7,9-10,12-13H,8H2,1-2H3,(H2,17,20)(H,22,23,24)/p-1/t9-,10+,12-,13-/m1/s1. The van der Waals surface area contributed by atoms with Crippen molar-refractivity contribution in [2.75, 3.05) is 0 Å². The van der Waals surface area contributed by atoms with Crippen LogP contribution in [0.25, 0.3) is 0 Å². The number of nitrogens with two attached hydrogens (primary N) is 1. The van der Waals surface area contributed by atoms with Gasteiger partial charge in [0.05, 0.1) is 6.04 Å². The zero-order valence-electron chi connectivity index (χ0n) is 15.0. The molecule has 4 atom stereocenters. The quantitative estimate of drug-likeness (QED) is 0.379. The van der Waals surface area contributed by atoms with Crippen molar-refractivity contribution in [2.45, 2.75) is 38.7 Å². The number of ether oxygens (including phenoxy) is 3. The van der Waals surface area contributed by atoms with E-state index in [-0.39, 0.29) is 10.9 Å². The molecular formula is C16H19N2O9S-. The van der Waals surface area contributed by atoms with Crippen molar-refractivity contribution < 1.29 is 41.6 Å². The Morgan fingerprint density at radius 1 is 1.18 bits per heavy atom. The summed E-state index contributed by atoms with van der Waals surface area (Å²) in [4.78, 5) is 34.9. The zero-order chi connectivity index (χ0) is 21.1. The third kappa shape index (κ3) is 4.89. The van der Waals surface area contributed by atoms with Gasteiger partial charge in [0.25, 0.3) is 0 Å². The molecular weight excluding hydrogens is 396 g/mol. The van der Waals surface area contributed by atoms with Crippen LogP contribution in [0, 0.1) is 5.92 Å². The normalized spacial score (nSPS) is 21.2. The van der Waals surface area contributed by atoms with Crippen LogP contribution in [0.15, 0.2) is 30.3 Å². The number of rotatable bonds is 7. The number of β-lactam (4-membered cyclic amide) rings is 1. The fourth-order valence-corrected chi connectivity index (χ4v) is 3.90. The molecule has 0 aliphatic carbocycles. The molecule has 1 heterocycles. The van der Waals surface area contributed by atoms with Crippen molar-refractivity contribution in [2.24, 2.45) is 11.7 Å². The Bertz CT molecular complexity index is 843. The highest BCUT2D eigenvalue weighted by molar-refractivity contribution is 7.84. The average molecular weight is 415 g/mol. The van der Waals surface area contributed by atoms with Gasteiger partial charge in [0.15, 0.2) is 10.3 Å². The molecule has 1 fully saturated rings. The number of hydrogen-bond donors (Lipinski definition) is 1. The van der Waals surface area contributed by atoms with Gasteiger partial charge >= 0.3 is 12.2 Å². The lowest BCUT2D eigenvalue weighted by molar-refractivity contribution is -0.161. The summed E-state index contributed by atoms with van der Waals surface area (Å²) in [5, 5.41) is 0. The van der Waals surface area contributed by atoms with Crippen molar-refractivity contribution in [1.82, 2.24) is 4.31 Å². The van der Waals surface area contributed by atoms with E-state index in [1.54, 1.807) is 30.3 Å². The van der Waals surface area contributed by atoms with Crippen LogP contribution < -0.4 is 5.73 Å². The first kappa shape index (κ1) is 21.4. The number of amides is 2. The molecule has 2 rings (SSSR count). The molecule has 0 radical (unpaired) electrons.